The van der Waals surface area contributed by atoms with Gasteiger partial charge in [0.2, 0.25) is 5.82 Å². The lowest BCUT2D eigenvalue weighted by Gasteiger charge is -2.14. The van der Waals surface area contributed by atoms with Crippen molar-refractivity contribution in [3.8, 4) is 23.0 Å². The fourth-order valence-corrected chi connectivity index (χ4v) is 3.28. The van der Waals surface area contributed by atoms with Crippen molar-refractivity contribution in [3.63, 3.8) is 0 Å². The van der Waals surface area contributed by atoms with E-state index in [9.17, 15) is 4.79 Å². The van der Waals surface area contributed by atoms with Gasteiger partial charge in [0.05, 0.1) is 18.5 Å². The molecule has 28 heavy (non-hydrogen) atoms. The number of hydrogen-bond donors (Lipinski definition) is 0. The maximum absolute atomic E-state index is 12.4. The quantitative estimate of drug-likeness (QED) is 0.539. The van der Waals surface area contributed by atoms with E-state index in [-0.39, 0.29) is 11.9 Å². The fourth-order valence-electron chi connectivity index (χ4n) is 3.28. The molecule has 0 radical (unpaired) electrons. The first-order valence-electron chi connectivity index (χ1n) is 8.92. The van der Waals surface area contributed by atoms with E-state index in [1.165, 1.54) is 6.26 Å². The minimum atomic E-state index is -0.114. The molecule has 4 aromatic rings. The number of benzene rings is 1. The maximum Gasteiger partial charge on any atom is 0.289 e. The first kappa shape index (κ1) is 16.4. The third-order valence-corrected chi connectivity index (χ3v) is 4.74. The van der Waals surface area contributed by atoms with Gasteiger partial charge in [-0.3, -0.25) is 4.79 Å². The third-order valence-electron chi connectivity index (χ3n) is 4.74. The zero-order chi connectivity index (χ0) is 18.9. The number of carbonyl (C=O) groups is 1. The Kier molecular flexibility index (Phi) is 3.97. The maximum atomic E-state index is 12.4. The number of furan rings is 1. The molecule has 1 aromatic carbocycles. The summed E-state index contributed by atoms with van der Waals surface area (Å²) in [4.78, 5) is 18.6. The van der Waals surface area contributed by atoms with Crippen LogP contribution in [0.4, 0.5) is 0 Å². The number of likely N-dealkylation sites (tertiary alicyclic amines) is 1. The molecule has 0 bridgehead atoms. The van der Waals surface area contributed by atoms with Crippen molar-refractivity contribution in [3.05, 3.63) is 60.7 Å². The third kappa shape index (κ3) is 2.96. The van der Waals surface area contributed by atoms with Crippen LogP contribution >= 0.6 is 0 Å². The molecule has 1 atom stereocenters. The molecular formula is C19H16N6O3. The summed E-state index contributed by atoms with van der Waals surface area (Å²) < 4.78 is 12.3. The number of nitrogens with zero attached hydrogens (tertiary/aromatic N) is 6. The lowest BCUT2D eigenvalue weighted by molar-refractivity contribution is 0.0755. The summed E-state index contributed by atoms with van der Waals surface area (Å²) in [6.45, 7) is 1.18. The molecular weight excluding hydrogens is 360 g/mol. The van der Waals surface area contributed by atoms with Crippen LogP contribution in [-0.2, 0) is 0 Å². The molecule has 0 N–H and O–H groups in total. The highest BCUT2D eigenvalue weighted by Crippen LogP contribution is 2.25. The number of rotatable bonds is 4. The fraction of sp³-hybridized carbons (Fsp3) is 0.211. The lowest BCUT2D eigenvalue weighted by Crippen LogP contribution is -2.28. The molecule has 0 aliphatic carbocycles. The van der Waals surface area contributed by atoms with E-state index in [0.29, 0.717) is 36.3 Å². The van der Waals surface area contributed by atoms with Gasteiger partial charge in [0.15, 0.2) is 11.5 Å². The van der Waals surface area contributed by atoms with E-state index < -0.39 is 0 Å². The van der Waals surface area contributed by atoms with Crippen LogP contribution in [0.3, 0.4) is 0 Å². The zero-order valence-electron chi connectivity index (χ0n) is 14.8. The molecule has 1 saturated heterocycles. The minimum absolute atomic E-state index is 0.0386. The zero-order valence-corrected chi connectivity index (χ0v) is 14.8. The van der Waals surface area contributed by atoms with Gasteiger partial charge in [-0.2, -0.15) is 4.98 Å². The van der Waals surface area contributed by atoms with Gasteiger partial charge in [-0.1, -0.05) is 40.7 Å². The van der Waals surface area contributed by atoms with Gasteiger partial charge in [0, 0.05) is 18.7 Å². The molecule has 5 rings (SSSR count). The van der Waals surface area contributed by atoms with Gasteiger partial charge in [-0.15, -0.1) is 5.10 Å². The van der Waals surface area contributed by atoms with Gasteiger partial charge < -0.3 is 13.8 Å². The smallest absolute Gasteiger partial charge is 0.289 e. The highest BCUT2D eigenvalue weighted by Gasteiger charge is 2.30. The van der Waals surface area contributed by atoms with Crippen LogP contribution in [0.5, 0.6) is 0 Å². The Balaban J connectivity index is 1.31. The molecule has 9 nitrogen and oxygen atoms in total. The van der Waals surface area contributed by atoms with E-state index >= 15 is 0 Å². The highest BCUT2D eigenvalue weighted by molar-refractivity contribution is 5.91. The van der Waals surface area contributed by atoms with Gasteiger partial charge in [-0.25, -0.2) is 4.68 Å². The number of aromatic nitrogens is 5. The summed E-state index contributed by atoms with van der Waals surface area (Å²) in [7, 11) is 0. The number of carbonyl (C=O) groups excluding carboxylic acids is 1. The van der Waals surface area contributed by atoms with E-state index in [2.05, 4.69) is 20.5 Å². The Morgan fingerprint density at radius 1 is 1.14 bits per heavy atom. The van der Waals surface area contributed by atoms with Gasteiger partial charge in [0.1, 0.15) is 0 Å². The average molecular weight is 376 g/mol. The summed E-state index contributed by atoms with van der Waals surface area (Å²) in [6.07, 6.45) is 4.06. The molecule has 1 unspecified atom stereocenters. The van der Waals surface area contributed by atoms with E-state index in [4.69, 9.17) is 8.94 Å². The van der Waals surface area contributed by atoms with Crippen LogP contribution in [0.1, 0.15) is 23.0 Å². The average Bonchev–Trinajstić information content (AvgIpc) is 3.54. The van der Waals surface area contributed by atoms with Crippen LogP contribution < -0.4 is 0 Å². The summed E-state index contributed by atoms with van der Waals surface area (Å²) in [5.74, 6) is 1.05. The van der Waals surface area contributed by atoms with Gasteiger partial charge >= 0.3 is 0 Å². The molecule has 140 valence electrons. The molecule has 0 spiro atoms. The first-order valence-corrected chi connectivity index (χ1v) is 8.92. The van der Waals surface area contributed by atoms with Crippen molar-refractivity contribution in [1.29, 1.82) is 0 Å². The van der Waals surface area contributed by atoms with Gasteiger partial charge in [-0.05, 0) is 18.6 Å². The van der Waals surface area contributed by atoms with E-state index in [1.807, 2.05) is 30.3 Å². The van der Waals surface area contributed by atoms with E-state index in [0.717, 1.165) is 12.0 Å². The second-order valence-electron chi connectivity index (χ2n) is 6.54. The first-order chi connectivity index (χ1) is 13.8. The second kappa shape index (κ2) is 6.76. The molecule has 4 heterocycles. The number of hydrogen-bond acceptors (Lipinski definition) is 7. The molecule has 1 amide bonds. The molecule has 3 aromatic heterocycles. The standard InChI is InChI=1S/C19H16N6O3/c26-19(16-7-4-10-27-16)24-9-8-14(11-24)25-12-15(21-23-25)18-20-17(22-28-18)13-5-2-1-3-6-13/h1-7,10,12,14H,8-9,11H2. The van der Waals surface area contributed by atoms with Crippen molar-refractivity contribution >= 4 is 5.91 Å². The Hall–Kier alpha value is -3.75. The summed E-state index contributed by atoms with van der Waals surface area (Å²) in [6, 6.07) is 13.0. The van der Waals surface area contributed by atoms with Crippen LogP contribution in [0.2, 0.25) is 0 Å². The largest absolute Gasteiger partial charge is 0.459 e. The van der Waals surface area contributed by atoms with Crippen LogP contribution in [0.15, 0.2) is 63.9 Å². The number of amides is 1. The molecule has 1 aliphatic heterocycles. The Bertz CT molecular complexity index is 1090. The van der Waals surface area contributed by atoms with Crippen LogP contribution in [0, 0.1) is 0 Å². The monoisotopic (exact) mass is 376 g/mol. The van der Waals surface area contributed by atoms with E-state index in [1.54, 1.807) is 27.9 Å². The predicted molar refractivity (Wildman–Crippen MR) is 97.0 cm³/mol. The topological polar surface area (TPSA) is 103 Å². The SMILES string of the molecule is O=C(c1ccco1)N1CCC(n2cc(-c3nc(-c4ccccc4)no3)nn2)C1. The normalized spacial score (nSPS) is 16.6. The molecule has 9 heteroatoms. The molecule has 1 fully saturated rings. The predicted octanol–water partition coefficient (Wildman–Crippen LogP) is 2.68. The highest BCUT2D eigenvalue weighted by atomic mass is 16.5. The Morgan fingerprint density at radius 3 is 2.86 bits per heavy atom. The van der Waals surface area contributed by atoms with Crippen molar-refractivity contribution in [2.75, 3.05) is 13.1 Å². The second-order valence-corrected chi connectivity index (χ2v) is 6.54. The van der Waals surface area contributed by atoms with Crippen molar-refractivity contribution in [1.82, 2.24) is 30.0 Å². The summed E-state index contributed by atoms with van der Waals surface area (Å²) in [5, 5.41) is 12.4. The minimum Gasteiger partial charge on any atom is -0.459 e. The van der Waals surface area contributed by atoms with Crippen molar-refractivity contribution in [2.24, 2.45) is 0 Å². The Labute approximate surface area is 159 Å². The Morgan fingerprint density at radius 2 is 2.04 bits per heavy atom. The van der Waals surface area contributed by atoms with Crippen molar-refractivity contribution < 1.29 is 13.7 Å². The lowest BCUT2D eigenvalue weighted by atomic mass is 10.2. The summed E-state index contributed by atoms with van der Waals surface area (Å²) in [5.41, 5.74) is 1.37. The van der Waals surface area contributed by atoms with Gasteiger partial charge in [0.25, 0.3) is 11.8 Å². The molecule has 1 aliphatic rings. The summed E-state index contributed by atoms with van der Waals surface area (Å²) >= 11 is 0. The van der Waals surface area contributed by atoms with Crippen LogP contribution in [0.25, 0.3) is 23.0 Å². The molecule has 0 saturated carbocycles. The van der Waals surface area contributed by atoms with Crippen LogP contribution in [-0.4, -0.2) is 49.0 Å². The van der Waals surface area contributed by atoms with Crippen molar-refractivity contribution in [2.45, 2.75) is 12.5 Å².